The number of fused-ring (bicyclic) bond motifs is 2. The first-order valence-corrected chi connectivity index (χ1v) is 12.0. The summed E-state index contributed by atoms with van der Waals surface area (Å²) in [5.41, 5.74) is 0.868. The van der Waals surface area contributed by atoms with Crippen LogP contribution in [0.1, 0.15) is 55.0 Å². The maximum atomic E-state index is 12.8. The molecular weight excluding hydrogens is 467 g/mol. The number of piperidine rings is 1. The standard InChI is InChI=1S/C22H33N3O3.C2HF3O2/c1-5-14(2)11-24-12-17-18(13-24)22(23-20(17)26)6-8-25(9-7-22)21(27)19-10-15(3)16(4)28-19;3-2(4,5)1(6)7/h10,14,17-18H,5-9,11-13H2,1-4H3,(H,23,26);(H,6,7)/t14?,17-,18+;/m1./s1. The molecule has 0 radical (unpaired) electrons. The summed E-state index contributed by atoms with van der Waals surface area (Å²) in [7, 11) is 0. The Morgan fingerprint density at radius 1 is 1.26 bits per heavy atom. The van der Waals surface area contributed by atoms with Crippen LogP contribution >= 0.6 is 0 Å². The van der Waals surface area contributed by atoms with Crippen LogP contribution in [0.2, 0.25) is 0 Å². The molecule has 0 saturated carbocycles. The highest BCUT2D eigenvalue weighted by Crippen LogP contribution is 2.44. The number of likely N-dealkylation sites (tertiary alicyclic amines) is 2. The quantitative estimate of drug-likeness (QED) is 0.657. The van der Waals surface area contributed by atoms with E-state index in [2.05, 4.69) is 24.1 Å². The van der Waals surface area contributed by atoms with Crippen molar-refractivity contribution in [3.05, 3.63) is 23.2 Å². The lowest BCUT2D eigenvalue weighted by Crippen LogP contribution is -2.56. The summed E-state index contributed by atoms with van der Waals surface area (Å²) in [6.45, 7) is 12.7. The van der Waals surface area contributed by atoms with E-state index >= 15 is 0 Å². The van der Waals surface area contributed by atoms with Gasteiger partial charge < -0.3 is 24.6 Å². The van der Waals surface area contributed by atoms with Crippen molar-refractivity contribution >= 4 is 17.8 Å². The minimum absolute atomic E-state index is 0.0308. The molecule has 196 valence electrons. The van der Waals surface area contributed by atoms with Gasteiger partial charge in [0.15, 0.2) is 5.76 Å². The minimum Gasteiger partial charge on any atom is -0.475 e. The third-order valence-electron chi connectivity index (χ3n) is 7.64. The molecule has 0 aliphatic carbocycles. The smallest absolute Gasteiger partial charge is 0.475 e. The van der Waals surface area contributed by atoms with Crippen molar-refractivity contribution < 1.29 is 37.1 Å². The lowest BCUT2D eigenvalue weighted by molar-refractivity contribution is -0.192. The summed E-state index contributed by atoms with van der Waals surface area (Å²) in [6.07, 6.45) is -2.24. The van der Waals surface area contributed by atoms with Crippen molar-refractivity contribution in [2.24, 2.45) is 17.8 Å². The third-order valence-corrected chi connectivity index (χ3v) is 7.64. The van der Waals surface area contributed by atoms with E-state index in [1.165, 1.54) is 6.42 Å². The molecular formula is C24H34F3N3O5. The van der Waals surface area contributed by atoms with Gasteiger partial charge in [0, 0.05) is 44.2 Å². The summed E-state index contributed by atoms with van der Waals surface area (Å²) < 4.78 is 37.4. The second-order valence-electron chi connectivity index (χ2n) is 10.0. The monoisotopic (exact) mass is 501 g/mol. The number of furan rings is 1. The van der Waals surface area contributed by atoms with Crippen LogP contribution in [-0.2, 0) is 9.59 Å². The molecule has 2 amide bonds. The van der Waals surface area contributed by atoms with Gasteiger partial charge in [0.25, 0.3) is 5.91 Å². The van der Waals surface area contributed by atoms with Crippen molar-refractivity contribution in [2.75, 3.05) is 32.7 Å². The Kier molecular flexibility index (Phi) is 7.88. The summed E-state index contributed by atoms with van der Waals surface area (Å²) >= 11 is 0. The second kappa shape index (κ2) is 10.2. The van der Waals surface area contributed by atoms with E-state index in [1.807, 2.05) is 24.8 Å². The number of nitrogens with one attached hydrogen (secondary N) is 1. The van der Waals surface area contributed by atoms with E-state index in [0.29, 0.717) is 30.7 Å². The van der Waals surface area contributed by atoms with Crippen molar-refractivity contribution in [1.29, 1.82) is 0 Å². The first-order valence-electron chi connectivity index (χ1n) is 12.0. The topological polar surface area (TPSA) is 103 Å². The van der Waals surface area contributed by atoms with Crippen molar-refractivity contribution in [3.63, 3.8) is 0 Å². The number of carboxylic acid groups (broad SMARTS) is 1. The number of nitrogens with zero attached hydrogens (tertiary/aromatic N) is 2. The first-order chi connectivity index (χ1) is 16.3. The molecule has 3 saturated heterocycles. The van der Waals surface area contributed by atoms with Gasteiger partial charge in [-0.15, -0.1) is 0 Å². The van der Waals surface area contributed by atoms with Crippen molar-refractivity contribution in [1.82, 2.24) is 15.1 Å². The van der Waals surface area contributed by atoms with Crippen LogP contribution in [0.25, 0.3) is 0 Å². The molecule has 0 aromatic carbocycles. The molecule has 0 bridgehead atoms. The van der Waals surface area contributed by atoms with Crippen LogP contribution < -0.4 is 5.32 Å². The highest BCUT2D eigenvalue weighted by molar-refractivity contribution is 5.92. The Morgan fingerprint density at radius 3 is 2.34 bits per heavy atom. The molecule has 2 N–H and O–H groups in total. The fraction of sp³-hybridized carbons (Fsp3) is 0.708. The van der Waals surface area contributed by atoms with Gasteiger partial charge in [0.1, 0.15) is 5.76 Å². The zero-order valence-electron chi connectivity index (χ0n) is 20.6. The largest absolute Gasteiger partial charge is 0.490 e. The number of carboxylic acids is 1. The molecule has 1 unspecified atom stereocenters. The van der Waals surface area contributed by atoms with Gasteiger partial charge in [-0.2, -0.15) is 13.2 Å². The van der Waals surface area contributed by atoms with Crippen LogP contribution in [0, 0.1) is 31.6 Å². The van der Waals surface area contributed by atoms with E-state index < -0.39 is 12.1 Å². The lowest BCUT2D eigenvalue weighted by atomic mass is 9.75. The molecule has 1 aromatic rings. The molecule has 11 heteroatoms. The maximum Gasteiger partial charge on any atom is 0.490 e. The first kappa shape index (κ1) is 27.0. The lowest BCUT2D eigenvalue weighted by Gasteiger charge is -2.42. The van der Waals surface area contributed by atoms with Gasteiger partial charge >= 0.3 is 12.1 Å². The number of alkyl halides is 3. The molecule has 35 heavy (non-hydrogen) atoms. The van der Waals surface area contributed by atoms with Gasteiger partial charge in [-0.3, -0.25) is 9.59 Å². The van der Waals surface area contributed by atoms with Gasteiger partial charge in [0.05, 0.1) is 5.92 Å². The number of hydrogen-bond donors (Lipinski definition) is 2. The van der Waals surface area contributed by atoms with E-state index in [4.69, 9.17) is 14.3 Å². The Morgan fingerprint density at radius 2 is 1.86 bits per heavy atom. The molecule has 1 spiro atoms. The fourth-order valence-electron chi connectivity index (χ4n) is 5.30. The number of carbonyl (C=O) groups excluding carboxylic acids is 2. The Bertz CT molecular complexity index is 933. The third kappa shape index (κ3) is 5.82. The summed E-state index contributed by atoms with van der Waals surface area (Å²) in [5.74, 6) is -0.193. The van der Waals surface area contributed by atoms with E-state index in [1.54, 1.807) is 0 Å². The number of hydrogen-bond acceptors (Lipinski definition) is 5. The highest BCUT2D eigenvalue weighted by atomic mass is 19.4. The highest BCUT2D eigenvalue weighted by Gasteiger charge is 2.57. The summed E-state index contributed by atoms with van der Waals surface area (Å²) in [6, 6.07) is 1.83. The van der Waals surface area contributed by atoms with Gasteiger partial charge in [-0.25, -0.2) is 4.79 Å². The minimum atomic E-state index is -5.08. The van der Waals surface area contributed by atoms with E-state index in [0.717, 1.165) is 43.8 Å². The number of rotatable bonds is 4. The zero-order valence-corrected chi connectivity index (χ0v) is 20.6. The van der Waals surface area contributed by atoms with E-state index in [-0.39, 0.29) is 23.3 Å². The van der Waals surface area contributed by atoms with Gasteiger partial charge in [-0.1, -0.05) is 20.3 Å². The van der Waals surface area contributed by atoms with Crippen molar-refractivity contribution in [2.45, 2.75) is 58.7 Å². The van der Waals surface area contributed by atoms with Crippen LogP contribution in [0.15, 0.2) is 10.5 Å². The summed E-state index contributed by atoms with van der Waals surface area (Å²) in [4.78, 5) is 38.7. The zero-order chi connectivity index (χ0) is 26.1. The Labute approximate surface area is 202 Å². The number of aliphatic carboxylic acids is 1. The molecule has 8 nitrogen and oxygen atoms in total. The number of amides is 2. The van der Waals surface area contributed by atoms with Crippen LogP contribution in [-0.4, -0.2) is 77.1 Å². The van der Waals surface area contributed by atoms with E-state index in [9.17, 15) is 22.8 Å². The molecule has 4 rings (SSSR count). The normalized spacial score (nSPS) is 24.5. The average molecular weight is 502 g/mol. The molecule has 3 aliphatic rings. The van der Waals surface area contributed by atoms with Gasteiger partial charge in [0.2, 0.25) is 5.91 Å². The maximum absolute atomic E-state index is 12.8. The average Bonchev–Trinajstić information content (AvgIpc) is 3.43. The second-order valence-corrected chi connectivity index (χ2v) is 10.0. The van der Waals surface area contributed by atoms with Crippen LogP contribution in [0.3, 0.4) is 0 Å². The molecule has 4 heterocycles. The van der Waals surface area contributed by atoms with Crippen molar-refractivity contribution in [3.8, 4) is 0 Å². The number of halogens is 3. The van der Waals surface area contributed by atoms with Crippen LogP contribution in [0.5, 0.6) is 0 Å². The SMILES string of the molecule is CCC(C)CN1C[C@H]2C(=O)NC3(CCN(C(=O)c4cc(C)c(C)o4)CC3)[C@H]2C1.O=C(O)C(F)(F)F. The number of aryl methyl sites for hydroxylation is 2. The predicted octanol–water partition coefficient (Wildman–Crippen LogP) is 3.23. The Balaban J connectivity index is 0.000000429. The number of carbonyl (C=O) groups is 3. The van der Waals surface area contributed by atoms with Crippen LogP contribution in [0.4, 0.5) is 13.2 Å². The molecule has 3 atom stereocenters. The predicted molar refractivity (Wildman–Crippen MR) is 121 cm³/mol. The molecule has 1 aromatic heterocycles. The Hall–Kier alpha value is -2.56. The summed E-state index contributed by atoms with van der Waals surface area (Å²) in [5, 5.41) is 10.5. The molecule has 3 aliphatic heterocycles. The van der Waals surface area contributed by atoms with Gasteiger partial charge in [-0.05, 0) is 44.2 Å². The molecule has 3 fully saturated rings. The fourth-order valence-corrected chi connectivity index (χ4v) is 5.30.